The van der Waals surface area contributed by atoms with Gasteiger partial charge in [0.2, 0.25) is 0 Å². The van der Waals surface area contributed by atoms with E-state index in [1.807, 2.05) is 0 Å². The first-order valence-corrected chi connectivity index (χ1v) is 7.40. The molecule has 0 saturated heterocycles. The number of carbonyl (C=O) groups is 2. The molecule has 2 heterocycles. The van der Waals surface area contributed by atoms with Crippen LogP contribution in [0, 0.1) is 0 Å². The summed E-state index contributed by atoms with van der Waals surface area (Å²) in [6, 6.07) is 8.56. The number of nitrogens with one attached hydrogen (secondary N) is 1. The third-order valence-corrected chi connectivity index (χ3v) is 3.73. The van der Waals surface area contributed by atoms with Gasteiger partial charge in [-0.05, 0) is 30.3 Å². The first kappa shape index (κ1) is 14.3. The predicted molar refractivity (Wildman–Crippen MR) is 80.5 cm³/mol. The van der Waals surface area contributed by atoms with Crippen molar-refractivity contribution >= 4 is 33.4 Å². The van der Waals surface area contributed by atoms with Crippen LogP contribution in [0.2, 0.25) is 0 Å². The van der Waals surface area contributed by atoms with Crippen molar-refractivity contribution in [2.45, 2.75) is 6.54 Å². The number of hydrogen-bond acceptors (Lipinski definition) is 6. The van der Waals surface area contributed by atoms with E-state index >= 15 is 0 Å². The van der Waals surface area contributed by atoms with Crippen molar-refractivity contribution in [3.05, 3.63) is 53.4 Å². The number of furan rings is 1. The van der Waals surface area contributed by atoms with Gasteiger partial charge in [-0.15, -0.1) is 11.3 Å². The van der Waals surface area contributed by atoms with E-state index in [0.717, 1.165) is 10.2 Å². The maximum atomic E-state index is 11.9. The molecule has 7 heteroatoms. The molecule has 1 N–H and O–H groups in total. The zero-order valence-electron chi connectivity index (χ0n) is 11.4. The highest BCUT2D eigenvalue weighted by atomic mass is 32.1. The van der Waals surface area contributed by atoms with Gasteiger partial charge in [-0.3, -0.25) is 4.79 Å². The van der Waals surface area contributed by atoms with Gasteiger partial charge in [0.15, 0.2) is 6.61 Å². The maximum Gasteiger partial charge on any atom is 0.338 e. The molecule has 0 saturated carbocycles. The van der Waals surface area contributed by atoms with Gasteiger partial charge in [0, 0.05) is 0 Å². The molecule has 6 nitrogen and oxygen atoms in total. The Morgan fingerprint density at radius 2 is 2.23 bits per heavy atom. The van der Waals surface area contributed by atoms with Crippen LogP contribution in [0.3, 0.4) is 0 Å². The molecular weight excluding hydrogens is 304 g/mol. The second-order valence-corrected chi connectivity index (χ2v) is 5.35. The van der Waals surface area contributed by atoms with Gasteiger partial charge in [-0.1, -0.05) is 0 Å². The van der Waals surface area contributed by atoms with Crippen LogP contribution >= 0.6 is 11.3 Å². The number of aromatic nitrogens is 1. The number of hydrogen-bond donors (Lipinski definition) is 1. The molecule has 1 amide bonds. The number of benzene rings is 1. The van der Waals surface area contributed by atoms with E-state index in [9.17, 15) is 9.59 Å². The van der Waals surface area contributed by atoms with Crippen molar-refractivity contribution < 1.29 is 18.7 Å². The minimum Gasteiger partial charge on any atom is -0.467 e. The average molecular weight is 316 g/mol. The van der Waals surface area contributed by atoms with Crippen LogP contribution < -0.4 is 5.32 Å². The Morgan fingerprint density at radius 3 is 3.05 bits per heavy atom. The lowest BCUT2D eigenvalue weighted by Gasteiger charge is -2.05. The van der Waals surface area contributed by atoms with Crippen LogP contribution in [0.5, 0.6) is 0 Å². The van der Waals surface area contributed by atoms with Crippen LogP contribution in [0.4, 0.5) is 0 Å². The molecule has 0 bridgehead atoms. The van der Waals surface area contributed by atoms with Gasteiger partial charge in [0.25, 0.3) is 5.91 Å². The normalized spacial score (nSPS) is 10.5. The Morgan fingerprint density at radius 1 is 1.32 bits per heavy atom. The number of esters is 1. The summed E-state index contributed by atoms with van der Waals surface area (Å²) >= 11 is 1.44. The molecule has 0 atom stereocenters. The molecule has 0 aliphatic rings. The van der Waals surface area contributed by atoms with Gasteiger partial charge in [0.05, 0.1) is 34.1 Å². The fourth-order valence-corrected chi connectivity index (χ4v) is 2.56. The maximum absolute atomic E-state index is 11.9. The van der Waals surface area contributed by atoms with Crippen LogP contribution in [0.1, 0.15) is 16.1 Å². The lowest BCUT2D eigenvalue weighted by atomic mass is 10.2. The summed E-state index contributed by atoms with van der Waals surface area (Å²) < 4.78 is 11.0. The SMILES string of the molecule is O=C(COC(=O)c1ccc2ncsc2c1)NCc1ccco1. The van der Waals surface area contributed by atoms with E-state index < -0.39 is 5.97 Å². The lowest BCUT2D eigenvalue weighted by molar-refractivity contribution is -0.124. The molecule has 2 aromatic heterocycles. The van der Waals surface area contributed by atoms with Crippen LogP contribution in [0.25, 0.3) is 10.2 Å². The zero-order valence-corrected chi connectivity index (χ0v) is 12.3. The minimum atomic E-state index is -0.538. The number of nitrogens with zero attached hydrogens (tertiary/aromatic N) is 1. The van der Waals surface area contributed by atoms with E-state index in [0.29, 0.717) is 11.3 Å². The number of thiazole rings is 1. The average Bonchev–Trinajstić information content (AvgIpc) is 3.20. The largest absolute Gasteiger partial charge is 0.467 e. The highest BCUT2D eigenvalue weighted by Gasteiger charge is 2.11. The van der Waals surface area contributed by atoms with Gasteiger partial charge >= 0.3 is 5.97 Å². The van der Waals surface area contributed by atoms with Crippen molar-refractivity contribution in [3.63, 3.8) is 0 Å². The van der Waals surface area contributed by atoms with Gasteiger partial charge in [0.1, 0.15) is 5.76 Å². The standard InChI is InChI=1S/C15H12N2O4S/c18-14(16-7-11-2-1-5-20-11)8-21-15(19)10-3-4-12-13(6-10)22-9-17-12/h1-6,9H,7-8H2,(H,16,18). The van der Waals surface area contributed by atoms with Crippen LogP contribution in [0.15, 0.2) is 46.5 Å². The quantitative estimate of drug-likeness (QED) is 0.731. The number of carbonyl (C=O) groups excluding carboxylic acids is 2. The molecule has 22 heavy (non-hydrogen) atoms. The molecule has 3 aromatic rings. The highest BCUT2D eigenvalue weighted by molar-refractivity contribution is 7.16. The molecule has 1 aromatic carbocycles. The summed E-state index contributed by atoms with van der Waals surface area (Å²) in [7, 11) is 0. The topological polar surface area (TPSA) is 81.4 Å². The van der Waals surface area contributed by atoms with Gasteiger partial charge < -0.3 is 14.5 Å². The minimum absolute atomic E-state index is 0.260. The molecule has 0 spiro atoms. The Balaban J connectivity index is 1.51. The monoisotopic (exact) mass is 316 g/mol. The van der Waals surface area contributed by atoms with Crippen molar-refractivity contribution in [3.8, 4) is 0 Å². The Bertz CT molecular complexity index is 795. The lowest BCUT2D eigenvalue weighted by Crippen LogP contribution is -2.28. The first-order valence-electron chi connectivity index (χ1n) is 6.52. The Hall–Kier alpha value is -2.67. The van der Waals surface area contributed by atoms with E-state index in [-0.39, 0.29) is 19.1 Å². The zero-order chi connectivity index (χ0) is 15.4. The summed E-state index contributed by atoms with van der Waals surface area (Å²) in [5, 5.41) is 2.60. The van der Waals surface area contributed by atoms with Crippen LogP contribution in [-0.2, 0) is 16.1 Å². The predicted octanol–water partition coefficient (Wildman–Crippen LogP) is 2.36. The second-order valence-electron chi connectivity index (χ2n) is 4.47. The third kappa shape index (κ3) is 3.32. The van der Waals surface area contributed by atoms with Crippen LogP contribution in [-0.4, -0.2) is 23.5 Å². The fraction of sp³-hybridized carbons (Fsp3) is 0.133. The van der Waals surface area contributed by atoms with E-state index in [1.54, 1.807) is 35.8 Å². The second kappa shape index (κ2) is 6.40. The highest BCUT2D eigenvalue weighted by Crippen LogP contribution is 2.19. The Kier molecular flexibility index (Phi) is 4.15. The summed E-state index contributed by atoms with van der Waals surface area (Å²) in [5.74, 6) is -0.289. The Labute approximate surface area is 129 Å². The molecule has 0 unspecified atom stereocenters. The molecule has 0 aliphatic heterocycles. The number of fused-ring (bicyclic) bond motifs is 1. The summed E-state index contributed by atoms with van der Waals surface area (Å²) in [6.45, 7) is -0.0729. The van der Waals surface area contributed by atoms with Gasteiger partial charge in [-0.25, -0.2) is 9.78 Å². The summed E-state index contributed by atoms with van der Waals surface area (Å²) in [4.78, 5) is 27.7. The van der Waals surface area contributed by atoms with Crippen molar-refractivity contribution in [2.24, 2.45) is 0 Å². The molecule has 0 fully saturated rings. The van der Waals surface area contributed by atoms with E-state index in [2.05, 4.69) is 10.3 Å². The summed E-state index contributed by atoms with van der Waals surface area (Å²) in [5.41, 5.74) is 2.94. The molecule has 0 aliphatic carbocycles. The molecule has 3 rings (SSSR count). The summed E-state index contributed by atoms with van der Waals surface area (Å²) in [6.07, 6.45) is 1.52. The van der Waals surface area contributed by atoms with E-state index in [1.165, 1.54) is 17.6 Å². The molecule has 112 valence electrons. The smallest absolute Gasteiger partial charge is 0.338 e. The van der Waals surface area contributed by atoms with Crippen molar-refractivity contribution in [1.82, 2.24) is 10.3 Å². The first-order chi connectivity index (χ1) is 10.7. The number of amides is 1. The van der Waals surface area contributed by atoms with E-state index in [4.69, 9.17) is 9.15 Å². The molecule has 0 radical (unpaired) electrons. The van der Waals surface area contributed by atoms with Crippen molar-refractivity contribution in [2.75, 3.05) is 6.61 Å². The van der Waals surface area contributed by atoms with Gasteiger partial charge in [-0.2, -0.15) is 0 Å². The number of ether oxygens (including phenoxy) is 1. The molecular formula is C15H12N2O4S. The van der Waals surface area contributed by atoms with Crippen molar-refractivity contribution in [1.29, 1.82) is 0 Å². The number of rotatable bonds is 5. The third-order valence-electron chi connectivity index (χ3n) is 2.94. The fourth-order valence-electron chi connectivity index (χ4n) is 1.85.